The van der Waals surface area contributed by atoms with Crippen molar-refractivity contribution in [1.82, 2.24) is 15.5 Å². The van der Waals surface area contributed by atoms with E-state index in [1.807, 2.05) is 11.3 Å². The number of aliphatic hydroxyl groups is 1. The van der Waals surface area contributed by atoms with Crippen molar-refractivity contribution in [3.8, 4) is 0 Å². The molecule has 5 nitrogen and oxygen atoms in total. The fourth-order valence-electron chi connectivity index (χ4n) is 3.70. The molecule has 1 aromatic heterocycles. The molecule has 1 fully saturated rings. The van der Waals surface area contributed by atoms with E-state index in [1.165, 1.54) is 10.4 Å². The van der Waals surface area contributed by atoms with Gasteiger partial charge < -0.3 is 15.7 Å². The Morgan fingerprint density at radius 3 is 3.26 bits per heavy atom. The van der Waals surface area contributed by atoms with Crippen LogP contribution in [0, 0.1) is 5.41 Å². The summed E-state index contributed by atoms with van der Waals surface area (Å²) in [5.41, 5.74) is 1.27. The van der Waals surface area contributed by atoms with Crippen molar-refractivity contribution in [3.63, 3.8) is 0 Å². The molecule has 0 spiro atoms. The zero-order valence-electron chi connectivity index (χ0n) is 13.8. The number of nitrogens with zero attached hydrogens (tertiary/aromatic N) is 1. The van der Waals surface area contributed by atoms with Crippen LogP contribution >= 0.6 is 11.3 Å². The number of nitrogens with one attached hydrogen (secondary N) is 2. The van der Waals surface area contributed by atoms with Crippen LogP contribution in [0.1, 0.15) is 36.6 Å². The average Bonchev–Trinajstić information content (AvgIpc) is 3.14. The van der Waals surface area contributed by atoms with Crippen molar-refractivity contribution in [2.45, 2.75) is 45.2 Å². The van der Waals surface area contributed by atoms with E-state index >= 15 is 0 Å². The number of aliphatic hydroxyl groups excluding tert-OH is 1. The maximum atomic E-state index is 12.1. The molecular weight excluding hydrogens is 310 g/mol. The predicted molar refractivity (Wildman–Crippen MR) is 92.7 cm³/mol. The summed E-state index contributed by atoms with van der Waals surface area (Å²) >= 11 is 1.85. The molecule has 2 atom stereocenters. The fourth-order valence-corrected chi connectivity index (χ4v) is 4.59. The summed E-state index contributed by atoms with van der Waals surface area (Å²) in [4.78, 5) is 16.0. The van der Waals surface area contributed by atoms with Crippen LogP contribution in [-0.4, -0.2) is 48.3 Å². The highest BCUT2D eigenvalue weighted by molar-refractivity contribution is 7.10. The summed E-state index contributed by atoms with van der Waals surface area (Å²) in [6.07, 6.45) is 4.12. The minimum Gasteiger partial charge on any atom is -0.396 e. The molecule has 1 aromatic rings. The maximum absolute atomic E-state index is 12.1. The molecule has 0 bridgehead atoms. The number of carbonyl (C=O) groups excluding carboxylic acids is 1. The van der Waals surface area contributed by atoms with E-state index in [4.69, 9.17) is 0 Å². The van der Waals surface area contributed by atoms with Gasteiger partial charge in [0.2, 0.25) is 0 Å². The van der Waals surface area contributed by atoms with Gasteiger partial charge in [0, 0.05) is 42.5 Å². The van der Waals surface area contributed by atoms with Crippen LogP contribution in [0.4, 0.5) is 4.79 Å². The second-order valence-electron chi connectivity index (χ2n) is 7.05. The minimum atomic E-state index is -0.167. The quantitative estimate of drug-likeness (QED) is 0.769. The molecule has 3 rings (SSSR count). The Morgan fingerprint density at radius 1 is 1.57 bits per heavy atom. The number of urea groups is 1. The topological polar surface area (TPSA) is 64.6 Å². The van der Waals surface area contributed by atoms with Gasteiger partial charge in [-0.05, 0) is 36.3 Å². The van der Waals surface area contributed by atoms with Gasteiger partial charge in [-0.2, -0.15) is 0 Å². The van der Waals surface area contributed by atoms with Crippen LogP contribution < -0.4 is 10.6 Å². The zero-order chi connectivity index (χ0) is 16.3. The van der Waals surface area contributed by atoms with E-state index in [9.17, 15) is 9.90 Å². The van der Waals surface area contributed by atoms with E-state index in [0.717, 1.165) is 45.3 Å². The lowest BCUT2D eigenvalue weighted by atomic mass is 9.86. The number of amides is 2. The molecule has 128 valence electrons. The lowest BCUT2D eigenvalue weighted by Gasteiger charge is -2.30. The summed E-state index contributed by atoms with van der Waals surface area (Å²) in [7, 11) is 0. The number of hydrogen-bond acceptors (Lipinski definition) is 4. The Kier molecular flexibility index (Phi) is 5.24. The van der Waals surface area contributed by atoms with Gasteiger partial charge in [-0.1, -0.05) is 13.3 Å². The summed E-state index contributed by atoms with van der Waals surface area (Å²) in [6, 6.07) is 2.18. The molecule has 2 unspecified atom stereocenters. The first kappa shape index (κ1) is 16.7. The monoisotopic (exact) mass is 337 g/mol. The van der Waals surface area contributed by atoms with E-state index < -0.39 is 0 Å². The summed E-state index contributed by atoms with van der Waals surface area (Å²) in [5.74, 6) is 0. The number of carbonyl (C=O) groups is 1. The lowest BCUT2D eigenvalue weighted by Crippen LogP contribution is -2.49. The SMILES string of the molecule is CC1(CO)CCCC1NC(=O)NCCN1CCc2sccc2C1. The zero-order valence-corrected chi connectivity index (χ0v) is 14.6. The molecule has 6 heteroatoms. The largest absolute Gasteiger partial charge is 0.396 e. The summed E-state index contributed by atoms with van der Waals surface area (Å²) in [5, 5.41) is 17.7. The molecule has 0 aromatic carbocycles. The molecular formula is C17H27N3O2S. The van der Waals surface area contributed by atoms with Gasteiger partial charge >= 0.3 is 6.03 Å². The Morgan fingerprint density at radius 2 is 2.43 bits per heavy atom. The molecule has 1 aliphatic carbocycles. The first-order valence-electron chi connectivity index (χ1n) is 8.53. The van der Waals surface area contributed by atoms with Crippen molar-refractivity contribution >= 4 is 17.4 Å². The van der Waals surface area contributed by atoms with E-state index in [-0.39, 0.29) is 24.1 Å². The molecule has 0 saturated heterocycles. The molecule has 2 heterocycles. The smallest absolute Gasteiger partial charge is 0.315 e. The molecule has 0 radical (unpaired) electrons. The minimum absolute atomic E-state index is 0.0795. The second-order valence-corrected chi connectivity index (χ2v) is 8.05. The summed E-state index contributed by atoms with van der Waals surface area (Å²) < 4.78 is 0. The van der Waals surface area contributed by atoms with E-state index in [1.54, 1.807) is 0 Å². The second kappa shape index (κ2) is 7.20. The highest BCUT2D eigenvalue weighted by atomic mass is 32.1. The highest BCUT2D eigenvalue weighted by Gasteiger charge is 2.39. The van der Waals surface area contributed by atoms with Crippen LogP contribution in [0.3, 0.4) is 0 Å². The number of thiophene rings is 1. The van der Waals surface area contributed by atoms with Crippen LogP contribution in [0.15, 0.2) is 11.4 Å². The molecule has 23 heavy (non-hydrogen) atoms. The Balaban J connectivity index is 1.39. The number of fused-ring (bicyclic) bond motifs is 1. The third-order valence-electron chi connectivity index (χ3n) is 5.35. The van der Waals surface area contributed by atoms with Crippen LogP contribution in [-0.2, 0) is 13.0 Å². The van der Waals surface area contributed by atoms with Gasteiger partial charge in [0.1, 0.15) is 0 Å². The normalized spacial score (nSPS) is 27.7. The van der Waals surface area contributed by atoms with Crippen LogP contribution in [0.25, 0.3) is 0 Å². The standard InChI is InChI=1S/C17H27N3O2S/c1-17(12-21)6-2-3-15(17)19-16(22)18-7-9-20-8-4-14-13(11-20)5-10-23-14/h5,10,15,21H,2-4,6-9,11-12H2,1H3,(H2,18,19,22). The van der Waals surface area contributed by atoms with Gasteiger partial charge in [0.05, 0.1) is 6.61 Å². The third kappa shape index (κ3) is 3.87. The van der Waals surface area contributed by atoms with Crippen molar-refractivity contribution in [1.29, 1.82) is 0 Å². The van der Waals surface area contributed by atoms with Gasteiger partial charge in [-0.15, -0.1) is 11.3 Å². The first-order chi connectivity index (χ1) is 11.1. The average molecular weight is 337 g/mol. The van der Waals surface area contributed by atoms with Crippen molar-refractivity contribution in [2.24, 2.45) is 5.41 Å². The lowest BCUT2D eigenvalue weighted by molar-refractivity contribution is 0.121. The number of rotatable bonds is 5. The maximum Gasteiger partial charge on any atom is 0.315 e. The molecule has 3 N–H and O–H groups in total. The van der Waals surface area contributed by atoms with E-state index in [2.05, 4.69) is 33.9 Å². The van der Waals surface area contributed by atoms with Gasteiger partial charge in [-0.3, -0.25) is 4.90 Å². The molecule has 1 saturated carbocycles. The van der Waals surface area contributed by atoms with Crippen molar-refractivity contribution in [3.05, 3.63) is 21.9 Å². The van der Waals surface area contributed by atoms with Crippen LogP contribution in [0.5, 0.6) is 0 Å². The van der Waals surface area contributed by atoms with Gasteiger partial charge in [-0.25, -0.2) is 4.79 Å². The Bertz CT molecular complexity index is 548. The molecule has 2 aliphatic rings. The number of hydrogen-bond donors (Lipinski definition) is 3. The molecule has 2 amide bonds. The predicted octanol–water partition coefficient (Wildman–Crippen LogP) is 1.96. The highest BCUT2D eigenvalue weighted by Crippen LogP contribution is 2.37. The Hall–Kier alpha value is -1.11. The van der Waals surface area contributed by atoms with Crippen LogP contribution in [0.2, 0.25) is 0 Å². The van der Waals surface area contributed by atoms with Crippen molar-refractivity contribution < 1.29 is 9.90 Å². The van der Waals surface area contributed by atoms with E-state index in [0.29, 0.717) is 6.54 Å². The third-order valence-corrected chi connectivity index (χ3v) is 6.37. The van der Waals surface area contributed by atoms with Gasteiger partial charge in [0.15, 0.2) is 0 Å². The molecule has 1 aliphatic heterocycles. The van der Waals surface area contributed by atoms with Crippen molar-refractivity contribution in [2.75, 3.05) is 26.2 Å². The Labute approximate surface area is 142 Å². The summed E-state index contributed by atoms with van der Waals surface area (Å²) in [6.45, 7) is 5.79. The fraction of sp³-hybridized carbons (Fsp3) is 0.706. The first-order valence-corrected chi connectivity index (χ1v) is 9.41. The van der Waals surface area contributed by atoms with Gasteiger partial charge in [0.25, 0.3) is 0 Å².